The van der Waals surface area contributed by atoms with Crippen LogP contribution in [-0.2, 0) is 23.7 Å². The molecule has 0 radical (unpaired) electrons. The number of fused-ring (bicyclic) bond motifs is 2. The second-order valence-corrected chi connectivity index (χ2v) is 11.4. The van der Waals surface area contributed by atoms with Crippen molar-refractivity contribution in [1.29, 1.82) is 0 Å². The Morgan fingerprint density at radius 1 is 1.17 bits per heavy atom. The topological polar surface area (TPSA) is 94.5 Å². The minimum Gasteiger partial charge on any atom is -0.462 e. The maximum Gasteiger partial charge on any atom is 0.316 e. The van der Waals surface area contributed by atoms with Gasteiger partial charge in [-0.15, -0.1) is 0 Å². The first kappa shape index (κ1) is 25.9. The summed E-state index contributed by atoms with van der Waals surface area (Å²) in [6.45, 7) is 6.85. The maximum absolute atomic E-state index is 13.7. The average molecular weight is 501 g/mol. The molecule has 3 saturated heterocycles. The summed E-state index contributed by atoms with van der Waals surface area (Å²) in [5.74, 6) is -1.90. The van der Waals surface area contributed by atoms with E-state index < -0.39 is 35.5 Å². The van der Waals surface area contributed by atoms with Crippen molar-refractivity contribution in [2.45, 2.75) is 102 Å². The summed E-state index contributed by atoms with van der Waals surface area (Å²) >= 11 is 0. The molecule has 2 N–H and O–H groups in total. The van der Waals surface area contributed by atoms with Crippen LogP contribution in [0.1, 0.15) is 65.7 Å². The number of aliphatic hydroxyl groups excluding tert-OH is 1. The van der Waals surface area contributed by atoms with E-state index in [0.29, 0.717) is 36.5 Å². The van der Waals surface area contributed by atoms with Crippen LogP contribution in [0.3, 0.4) is 0 Å². The molecule has 5 rings (SSSR count). The number of esters is 1. The van der Waals surface area contributed by atoms with Crippen LogP contribution in [0.25, 0.3) is 0 Å². The number of ether oxygens (including phenoxy) is 4. The van der Waals surface area contributed by atoms with Gasteiger partial charge in [0.2, 0.25) is 0 Å². The van der Waals surface area contributed by atoms with Crippen LogP contribution in [0, 0.1) is 11.8 Å². The molecule has 3 fully saturated rings. The molecule has 1 spiro atoms. The Morgan fingerprint density at radius 3 is 2.78 bits per heavy atom. The van der Waals surface area contributed by atoms with Gasteiger partial charge in [0.25, 0.3) is 0 Å². The lowest BCUT2D eigenvalue weighted by Gasteiger charge is -2.46. The third-order valence-corrected chi connectivity index (χ3v) is 8.43. The van der Waals surface area contributed by atoms with Gasteiger partial charge < -0.3 is 29.2 Å². The van der Waals surface area contributed by atoms with Gasteiger partial charge in [-0.05, 0) is 56.6 Å². The predicted octanol–water partition coefficient (Wildman–Crippen LogP) is 3.90. The summed E-state index contributed by atoms with van der Waals surface area (Å²) in [5.41, 5.74) is 0.799. The molecule has 0 aromatic carbocycles. The zero-order valence-corrected chi connectivity index (χ0v) is 21.7. The standard InChI is InChI=1S/C29H40O7/c1-18-7-6-8-21-17-33-26-25(30)20(3)14-24(29(21,26)32)27(31)35-23-15-22(10-9-19(2)13-18)36-28(16-23)11-4-5-12-34-28/h6-9,14,18,22-26,30,32H,4-5,10-13,15-17H2,1-3H3/b7-6+,19-9+,21-8+/t18-,22?,23?,24?,25?,26+,28-,29+/m0/s1. The average Bonchev–Trinajstić information content (AvgIpc) is 3.17. The number of hydrogen-bond donors (Lipinski definition) is 2. The van der Waals surface area contributed by atoms with Gasteiger partial charge >= 0.3 is 5.97 Å². The Bertz CT molecular complexity index is 972. The van der Waals surface area contributed by atoms with Gasteiger partial charge in [-0.25, -0.2) is 0 Å². The first-order valence-corrected chi connectivity index (χ1v) is 13.5. The minimum atomic E-state index is -1.67. The maximum atomic E-state index is 13.7. The smallest absolute Gasteiger partial charge is 0.316 e. The van der Waals surface area contributed by atoms with Crippen LogP contribution in [0.2, 0.25) is 0 Å². The fourth-order valence-corrected chi connectivity index (χ4v) is 6.50. The van der Waals surface area contributed by atoms with E-state index in [1.165, 1.54) is 5.57 Å². The van der Waals surface area contributed by atoms with Gasteiger partial charge in [0.05, 0.1) is 19.3 Å². The molecular weight excluding hydrogens is 460 g/mol. The van der Waals surface area contributed by atoms with Crippen molar-refractivity contribution in [1.82, 2.24) is 0 Å². The monoisotopic (exact) mass is 500 g/mol. The van der Waals surface area contributed by atoms with Crippen molar-refractivity contribution in [3.05, 3.63) is 47.1 Å². The fraction of sp³-hybridized carbons (Fsp3) is 0.690. The van der Waals surface area contributed by atoms with E-state index in [4.69, 9.17) is 18.9 Å². The molecule has 2 bridgehead atoms. The molecule has 0 saturated carbocycles. The molecule has 198 valence electrons. The van der Waals surface area contributed by atoms with Crippen molar-refractivity contribution in [3.63, 3.8) is 0 Å². The molecule has 0 aromatic heterocycles. The number of carbonyl (C=O) groups is 1. The van der Waals surface area contributed by atoms with Crippen molar-refractivity contribution >= 4 is 5.97 Å². The molecule has 0 aromatic rings. The highest BCUT2D eigenvalue weighted by atomic mass is 16.7. The molecule has 7 heteroatoms. The van der Waals surface area contributed by atoms with Gasteiger partial charge in [0, 0.05) is 19.3 Å². The Hall–Kier alpha value is -1.77. The normalized spacial score (nSPS) is 47.6. The number of rotatable bonds is 0. The summed E-state index contributed by atoms with van der Waals surface area (Å²) in [6, 6.07) is 0. The van der Waals surface area contributed by atoms with E-state index in [-0.39, 0.29) is 18.8 Å². The minimum absolute atomic E-state index is 0.116. The first-order chi connectivity index (χ1) is 17.2. The van der Waals surface area contributed by atoms with Crippen molar-refractivity contribution in [2.75, 3.05) is 13.2 Å². The molecule has 0 amide bonds. The fourth-order valence-electron chi connectivity index (χ4n) is 6.50. The van der Waals surface area contributed by atoms with E-state index in [1.54, 1.807) is 13.0 Å². The van der Waals surface area contributed by atoms with Crippen LogP contribution in [-0.4, -0.2) is 65.2 Å². The molecule has 1 aliphatic carbocycles. The van der Waals surface area contributed by atoms with Gasteiger partial charge in [0.15, 0.2) is 5.79 Å². The molecule has 4 heterocycles. The van der Waals surface area contributed by atoms with Gasteiger partial charge in [-0.3, -0.25) is 4.79 Å². The second kappa shape index (κ2) is 10.2. The number of hydrogen-bond acceptors (Lipinski definition) is 7. The predicted molar refractivity (Wildman–Crippen MR) is 134 cm³/mol. The summed E-state index contributed by atoms with van der Waals surface area (Å²) < 4.78 is 24.7. The molecular formula is C29H40O7. The molecule has 4 unspecified atom stereocenters. The largest absolute Gasteiger partial charge is 0.462 e. The zero-order valence-electron chi connectivity index (χ0n) is 21.7. The lowest BCUT2D eigenvalue weighted by molar-refractivity contribution is -0.309. The Morgan fingerprint density at radius 2 is 2.00 bits per heavy atom. The van der Waals surface area contributed by atoms with E-state index in [9.17, 15) is 15.0 Å². The van der Waals surface area contributed by atoms with Crippen LogP contribution in [0.4, 0.5) is 0 Å². The first-order valence-electron chi connectivity index (χ1n) is 13.5. The quantitative estimate of drug-likeness (QED) is 0.385. The van der Waals surface area contributed by atoms with Crippen LogP contribution < -0.4 is 0 Å². The van der Waals surface area contributed by atoms with Crippen LogP contribution in [0.15, 0.2) is 47.1 Å². The summed E-state index contributed by atoms with van der Waals surface area (Å²) in [6.07, 6.45) is 12.8. The van der Waals surface area contributed by atoms with Gasteiger partial charge in [0.1, 0.15) is 29.8 Å². The molecule has 8 atom stereocenters. The van der Waals surface area contributed by atoms with Gasteiger partial charge in [-0.2, -0.15) is 0 Å². The van der Waals surface area contributed by atoms with E-state index in [2.05, 4.69) is 26.0 Å². The summed E-state index contributed by atoms with van der Waals surface area (Å²) in [5, 5.41) is 22.7. The zero-order chi connectivity index (χ0) is 25.5. The van der Waals surface area contributed by atoms with E-state index in [1.807, 2.05) is 12.2 Å². The van der Waals surface area contributed by atoms with E-state index >= 15 is 0 Å². The molecule has 36 heavy (non-hydrogen) atoms. The number of carbonyl (C=O) groups excluding carboxylic acids is 1. The van der Waals surface area contributed by atoms with Crippen molar-refractivity contribution in [2.24, 2.45) is 11.8 Å². The van der Waals surface area contributed by atoms with E-state index in [0.717, 1.165) is 32.1 Å². The molecule has 7 nitrogen and oxygen atoms in total. The van der Waals surface area contributed by atoms with Gasteiger partial charge in [-0.1, -0.05) is 42.9 Å². The third kappa shape index (κ3) is 4.88. The highest BCUT2D eigenvalue weighted by molar-refractivity contribution is 5.78. The summed E-state index contributed by atoms with van der Waals surface area (Å²) in [7, 11) is 0. The van der Waals surface area contributed by atoms with Crippen molar-refractivity contribution < 1.29 is 34.0 Å². The van der Waals surface area contributed by atoms with Crippen LogP contribution in [0.5, 0.6) is 0 Å². The number of allylic oxidation sites excluding steroid dienone is 4. The van der Waals surface area contributed by atoms with Crippen molar-refractivity contribution in [3.8, 4) is 0 Å². The van der Waals surface area contributed by atoms with Crippen LogP contribution >= 0.6 is 0 Å². The Balaban J connectivity index is 1.52. The Kier molecular flexibility index (Phi) is 7.31. The lowest BCUT2D eigenvalue weighted by Crippen LogP contribution is -2.58. The molecule has 4 aliphatic heterocycles. The SMILES string of the molecule is CC1=CC2C(=O)OC3CC(C/C=C(\C)C[C@@H](C)/C=C/C=C4\CO[C@H](C1O)[C@@]42O)O[C@@]1(CCCCO1)C3. The number of aliphatic hydroxyl groups is 2. The highest BCUT2D eigenvalue weighted by Crippen LogP contribution is 2.46. The Labute approximate surface area is 213 Å². The second-order valence-electron chi connectivity index (χ2n) is 11.4. The highest BCUT2D eigenvalue weighted by Gasteiger charge is 2.60. The molecule has 5 aliphatic rings. The summed E-state index contributed by atoms with van der Waals surface area (Å²) in [4.78, 5) is 13.7. The lowest BCUT2D eigenvalue weighted by atomic mass is 9.71. The third-order valence-electron chi connectivity index (χ3n) is 8.43.